The molecule has 0 fully saturated rings. The summed E-state index contributed by atoms with van der Waals surface area (Å²) in [6.07, 6.45) is 14.0. The molecule has 1 aliphatic carbocycles. The highest BCUT2D eigenvalue weighted by Crippen LogP contribution is 2.62. The number of allylic oxidation sites excluding steroid dienone is 6. The van der Waals surface area contributed by atoms with Crippen LogP contribution in [0.4, 0.5) is 11.4 Å². The van der Waals surface area contributed by atoms with Gasteiger partial charge in [-0.3, -0.25) is 0 Å². The van der Waals surface area contributed by atoms with Gasteiger partial charge in [0.1, 0.15) is 23.0 Å². The van der Waals surface area contributed by atoms with E-state index in [9.17, 15) is 0 Å². The van der Waals surface area contributed by atoms with Crippen molar-refractivity contribution in [3.05, 3.63) is 197 Å². The van der Waals surface area contributed by atoms with Gasteiger partial charge in [-0.25, -0.2) is 0 Å². The van der Waals surface area contributed by atoms with Crippen molar-refractivity contribution in [1.82, 2.24) is 5.32 Å². The van der Waals surface area contributed by atoms with E-state index in [0.29, 0.717) is 5.92 Å². The fourth-order valence-corrected chi connectivity index (χ4v) is 8.99. The predicted molar refractivity (Wildman–Crippen MR) is 215 cm³/mol. The minimum Gasteiger partial charge on any atom is -0.457 e. The van der Waals surface area contributed by atoms with Gasteiger partial charge < -0.3 is 24.4 Å². The molecule has 260 valence electrons. The summed E-state index contributed by atoms with van der Waals surface area (Å²) in [4.78, 5) is 2.40. The zero-order chi connectivity index (χ0) is 35.8. The van der Waals surface area contributed by atoms with Gasteiger partial charge in [0.25, 0.3) is 0 Å². The monoisotopic (exact) mass is 700 g/mol. The second-order valence-corrected chi connectivity index (χ2v) is 14.5. The van der Waals surface area contributed by atoms with Gasteiger partial charge in [-0.15, -0.1) is 0 Å². The lowest BCUT2D eigenvalue weighted by atomic mass is 9.62. The maximum absolute atomic E-state index is 6.94. The molecule has 0 saturated heterocycles. The summed E-state index contributed by atoms with van der Waals surface area (Å²) >= 11 is 0. The van der Waals surface area contributed by atoms with Crippen LogP contribution >= 0.6 is 0 Å². The van der Waals surface area contributed by atoms with Crippen LogP contribution in [0.5, 0.6) is 34.5 Å². The fourth-order valence-electron chi connectivity index (χ4n) is 8.99. The molecule has 5 nitrogen and oxygen atoms in total. The van der Waals surface area contributed by atoms with Crippen molar-refractivity contribution in [2.24, 2.45) is 5.92 Å². The zero-order valence-corrected chi connectivity index (χ0v) is 29.8. The first-order valence-corrected chi connectivity index (χ1v) is 18.7. The molecule has 2 unspecified atom stereocenters. The lowest BCUT2D eigenvalue weighted by molar-refractivity contribution is 0.399. The summed E-state index contributed by atoms with van der Waals surface area (Å²) in [6, 6.07) is 44.9. The van der Waals surface area contributed by atoms with E-state index in [1.165, 1.54) is 5.70 Å². The summed E-state index contributed by atoms with van der Waals surface area (Å²) in [5.41, 5.74) is 11.3. The zero-order valence-electron chi connectivity index (χ0n) is 29.8. The Morgan fingerprint density at radius 3 is 1.94 bits per heavy atom. The summed E-state index contributed by atoms with van der Waals surface area (Å²) in [7, 11) is 0. The molecule has 6 aromatic carbocycles. The number of hydrogen-bond acceptors (Lipinski definition) is 5. The van der Waals surface area contributed by atoms with Crippen LogP contribution in [0, 0.1) is 5.92 Å². The van der Waals surface area contributed by atoms with Crippen molar-refractivity contribution in [1.29, 1.82) is 0 Å². The molecule has 4 aliphatic heterocycles. The van der Waals surface area contributed by atoms with Crippen LogP contribution in [0.3, 0.4) is 0 Å². The van der Waals surface area contributed by atoms with Crippen LogP contribution in [0.25, 0.3) is 16.8 Å². The van der Waals surface area contributed by atoms with Crippen molar-refractivity contribution < 1.29 is 14.2 Å². The van der Waals surface area contributed by atoms with E-state index >= 15 is 0 Å². The van der Waals surface area contributed by atoms with Crippen LogP contribution in [-0.4, -0.2) is 6.54 Å². The van der Waals surface area contributed by atoms with Crippen molar-refractivity contribution in [3.8, 4) is 45.6 Å². The molecule has 11 rings (SSSR count). The number of rotatable bonds is 3. The minimum absolute atomic E-state index is 0.429. The predicted octanol–water partition coefficient (Wildman–Crippen LogP) is 12.2. The number of hydrogen-bond donors (Lipinski definition) is 1. The quantitative estimate of drug-likeness (QED) is 0.199. The third kappa shape index (κ3) is 4.51. The molecular formula is C49H36N2O3. The van der Waals surface area contributed by atoms with Crippen LogP contribution < -0.4 is 24.4 Å². The highest BCUT2D eigenvalue weighted by Gasteiger charge is 2.50. The molecule has 1 N–H and O–H groups in total. The number of dihydropyridines is 1. The van der Waals surface area contributed by atoms with Gasteiger partial charge >= 0.3 is 0 Å². The maximum atomic E-state index is 6.94. The second kappa shape index (κ2) is 11.9. The number of fused-ring (bicyclic) bond motifs is 10. The first-order valence-electron chi connectivity index (χ1n) is 18.7. The van der Waals surface area contributed by atoms with Crippen LogP contribution in [-0.2, 0) is 5.41 Å². The molecule has 1 spiro atoms. The lowest BCUT2D eigenvalue weighted by Gasteiger charge is -2.45. The number of para-hydroxylation sites is 5. The van der Waals surface area contributed by atoms with Crippen LogP contribution in [0.2, 0.25) is 0 Å². The number of anilines is 2. The third-order valence-electron chi connectivity index (χ3n) is 11.3. The normalized spacial score (nSPS) is 19.6. The minimum atomic E-state index is -0.681. The number of nitrogens with zero attached hydrogens (tertiary/aromatic N) is 1. The van der Waals surface area contributed by atoms with Gasteiger partial charge in [-0.1, -0.05) is 116 Å². The van der Waals surface area contributed by atoms with E-state index < -0.39 is 5.41 Å². The molecular weight excluding hydrogens is 665 g/mol. The second-order valence-electron chi connectivity index (χ2n) is 14.5. The molecule has 0 saturated carbocycles. The molecule has 0 radical (unpaired) electrons. The van der Waals surface area contributed by atoms with Crippen molar-refractivity contribution in [3.63, 3.8) is 0 Å². The SMILES string of the molecule is CC1C=CC=C(N2c3ccccc3Oc3cccc(-c4ccc5c(c4)Oc4ccccc4C54c5ccccc5Oc5cc(C6=CC=CCN6)ccc54)c32)C1. The van der Waals surface area contributed by atoms with E-state index in [2.05, 4.69) is 175 Å². The van der Waals surface area contributed by atoms with Gasteiger partial charge in [-0.05, 0) is 72.5 Å². The highest BCUT2D eigenvalue weighted by molar-refractivity contribution is 5.93. The van der Waals surface area contributed by atoms with E-state index in [1.807, 2.05) is 6.07 Å². The molecule has 5 heteroatoms. The molecule has 0 aromatic heterocycles. The molecule has 0 amide bonds. The van der Waals surface area contributed by atoms with E-state index in [4.69, 9.17) is 14.2 Å². The van der Waals surface area contributed by atoms with E-state index in [1.54, 1.807) is 0 Å². The Bertz CT molecular complexity index is 2650. The fraction of sp³-hybridized carbons (Fsp3) is 0.102. The highest BCUT2D eigenvalue weighted by atomic mass is 16.5. The smallest absolute Gasteiger partial charge is 0.152 e. The largest absolute Gasteiger partial charge is 0.457 e. The first-order chi connectivity index (χ1) is 26.7. The van der Waals surface area contributed by atoms with Gasteiger partial charge in [0.15, 0.2) is 11.5 Å². The van der Waals surface area contributed by atoms with Gasteiger partial charge in [0, 0.05) is 51.3 Å². The molecule has 5 aliphatic rings. The number of benzene rings is 6. The first kappa shape index (κ1) is 30.9. The van der Waals surface area contributed by atoms with Crippen molar-refractivity contribution >= 4 is 17.1 Å². The standard InChI is InChI=1S/C49H36N2O3/c1-31-12-10-13-34(28-31)51-41-18-4-7-21-44(41)54-45-22-11-14-35(48(45)51)32-23-25-38-46(29-32)52-42-19-5-2-15-36(42)49(38)37-16-3-6-20-43(37)53-47-30-33(24-26-39(47)49)40-17-8-9-27-50-40/h2-26,29-31,50H,27-28H2,1H3. The van der Waals surface area contributed by atoms with E-state index in [-0.39, 0.29) is 0 Å². The summed E-state index contributed by atoms with van der Waals surface area (Å²) in [6.45, 7) is 3.07. The Hall–Kier alpha value is -6.72. The van der Waals surface area contributed by atoms with Crippen molar-refractivity contribution in [2.75, 3.05) is 11.4 Å². The molecule has 4 heterocycles. The van der Waals surface area contributed by atoms with Crippen LogP contribution in [0.1, 0.15) is 41.2 Å². The Kier molecular flexibility index (Phi) is 6.80. The Morgan fingerprint density at radius 1 is 0.593 bits per heavy atom. The van der Waals surface area contributed by atoms with Crippen molar-refractivity contribution in [2.45, 2.75) is 18.8 Å². The van der Waals surface area contributed by atoms with E-state index in [0.717, 1.165) is 103 Å². The maximum Gasteiger partial charge on any atom is 0.152 e. The Morgan fingerprint density at radius 2 is 1.22 bits per heavy atom. The number of ether oxygens (including phenoxy) is 3. The summed E-state index contributed by atoms with van der Waals surface area (Å²) in [5.74, 6) is 5.43. The molecule has 54 heavy (non-hydrogen) atoms. The van der Waals surface area contributed by atoms with Gasteiger partial charge in [0.2, 0.25) is 0 Å². The topological polar surface area (TPSA) is 43.0 Å². The summed E-state index contributed by atoms with van der Waals surface area (Å²) < 4.78 is 20.3. The molecule has 6 aromatic rings. The average molecular weight is 701 g/mol. The summed E-state index contributed by atoms with van der Waals surface area (Å²) in [5, 5.41) is 3.52. The Balaban J connectivity index is 1.13. The molecule has 2 atom stereocenters. The van der Waals surface area contributed by atoms with Gasteiger partial charge in [-0.2, -0.15) is 0 Å². The lowest BCUT2D eigenvalue weighted by Crippen LogP contribution is -2.36. The average Bonchev–Trinajstić information content (AvgIpc) is 3.22. The number of nitrogens with one attached hydrogen (secondary N) is 1. The third-order valence-corrected chi connectivity index (χ3v) is 11.3. The van der Waals surface area contributed by atoms with Gasteiger partial charge in [0.05, 0.1) is 16.8 Å². The van der Waals surface area contributed by atoms with Crippen LogP contribution in [0.15, 0.2) is 170 Å². The molecule has 0 bridgehead atoms. The Labute approximate surface area is 314 Å².